The summed E-state index contributed by atoms with van der Waals surface area (Å²) in [7, 11) is 1.98. The standard InChI is InChI=1S/C31H25NO2/c1-32-28(22-14-6-2-7-15-22)26(30(33)24-18-10-4-11-19-24)27(29(32)23-16-8-3-9-17-23)31(34)25-20-12-5-13-21-25/h2-21,26,28H,1H3. The average molecular weight is 444 g/mol. The topological polar surface area (TPSA) is 37.4 Å². The van der Waals surface area contributed by atoms with Gasteiger partial charge in [0.2, 0.25) is 0 Å². The summed E-state index contributed by atoms with van der Waals surface area (Å²) < 4.78 is 0. The van der Waals surface area contributed by atoms with Gasteiger partial charge in [0, 0.05) is 23.7 Å². The molecular weight excluding hydrogens is 418 g/mol. The molecule has 4 aromatic rings. The molecule has 0 aromatic heterocycles. The van der Waals surface area contributed by atoms with Crippen LogP contribution >= 0.6 is 0 Å². The maximum Gasteiger partial charge on any atom is 0.191 e. The molecule has 0 amide bonds. The highest BCUT2D eigenvalue weighted by molar-refractivity contribution is 6.19. The minimum atomic E-state index is -0.641. The quantitative estimate of drug-likeness (QED) is 0.321. The van der Waals surface area contributed by atoms with Crippen LogP contribution in [0.25, 0.3) is 5.70 Å². The van der Waals surface area contributed by atoms with Gasteiger partial charge in [-0.15, -0.1) is 0 Å². The Hall–Kier alpha value is -4.24. The zero-order valence-electron chi connectivity index (χ0n) is 19.0. The Balaban J connectivity index is 1.76. The number of Topliss-reactive ketones (excluding diaryl/α,β-unsaturated/α-hetero) is 2. The number of ketones is 2. The highest BCUT2D eigenvalue weighted by Crippen LogP contribution is 2.48. The second-order valence-electron chi connectivity index (χ2n) is 8.50. The zero-order valence-corrected chi connectivity index (χ0v) is 19.0. The van der Waals surface area contributed by atoms with E-state index in [1.54, 1.807) is 0 Å². The third-order valence-corrected chi connectivity index (χ3v) is 6.46. The molecule has 3 heteroatoms. The second-order valence-corrected chi connectivity index (χ2v) is 8.50. The van der Waals surface area contributed by atoms with Gasteiger partial charge in [0.1, 0.15) is 0 Å². The first-order chi connectivity index (χ1) is 16.7. The summed E-state index contributed by atoms with van der Waals surface area (Å²) in [5, 5.41) is 0. The number of benzene rings is 4. The van der Waals surface area contributed by atoms with E-state index in [1.807, 2.05) is 128 Å². The normalized spacial score (nSPS) is 17.6. The highest BCUT2D eigenvalue weighted by Gasteiger charge is 2.47. The molecule has 0 radical (unpaired) electrons. The Morgan fingerprint density at radius 2 is 1.09 bits per heavy atom. The Morgan fingerprint density at radius 1 is 0.618 bits per heavy atom. The lowest BCUT2D eigenvalue weighted by Crippen LogP contribution is -2.29. The molecule has 4 aromatic carbocycles. The molecular formula is C31H25NO2. The smallest absolute Gasteiger partial charge is 0.191 e. The molecule has 0 saturated heterocycles. The molecule has 5 rings (SSSR count). The van der Waals surface area contributed by atoms with Crippen LogP contribution < -0.4 is 0 Å². The largest absolute Gasteiger partial charge is 0.366 e. The number of carbonyl (C=O) groups excluding carboxylic acids is 2. The molecule has 0 fully saturated rings. The second kappa shape index (κ2) is 9.32. The predicted molar refractivity (Wildman–Crippen MR) is 135 cm³/mol. The van der Waals surface area contributed by atoms with Crippen molar-refractivity contribution in [3.8, 4) is 0 Å². The van der Waals surface area contributed by atoms with Crippen LogP contribution in [0.5, 0.6) is 0 Å². The van der Waals surface area contributed by atoms with Crippen molar-refractivity contribution < 1.29 is 9.59 Å². The molecule has 166 valence electrons. The number of carbonyl (C=O) groups is 2. The van der Waals surface area contributed by atoms with E-state index >= 15 is 0 Å². The first-order valence-corrected chi connectivity index (χ1v) is 11.4. The molecule has 0 N–H and O–H groups in total. The van der Waals surface area contributed by atoms with Gasteiger partial charge < -0.3 is 4.90 Å². The fourth-order valence-corrected chi connectivity index (χ4v) is 4.93. The van der Waals surface area contributed by atoms with Crippen LogP contribution in [-0.2, 0) is 0 Å². The van der Waals surface area contributed by atoms with Crippen molar-refractivity contribution in [2.45, 2.75) is 6.04 Å². The molecule has 2 atom stereocenters. The van der Waals surface area contributed by atoms with Gasteiger partial charge in [0.25, 0.3) is 0 Å². The first-order valence-electron chi connectivity index (χ1n) is 11.4. The highest BCUT2D eigenvalue weighted by atomic mass is 16.1. The van der Waals surface area contributed by atoms with Crippen molar-refractivity contribution >= 4 is 17.3 Å². The van der Waals surface area contributed by atoms with Crippen LogP contribution in [0.1, 0.15) is 37.9 Å². The van der Waals surface area contributed by atoms with E-state index in [2.05, 4.69) is 4.90 Å². The fourth-order valence-electron chi connectivity index (χ4n) is 4.93. The van der Waals surface area contributed by atoms with Crippen LogP contribution in [0.4, 0.5) is 0 Å². The maximum atomic E-state index is 14.1. The summed E-state index contributed by atoms with van der Waals surface area (Å²) in [5.41, 5.74) is 4.46. The number of hydrogen-bond donors (Lipinski definition) is 0. The molecule has 34 heavy (non-hydrogen) atoms. The van der Waals surface area contributed by atoms with Gasteiger partial charge in [-0.2, -0.15) is 0 Å². The molecule has 1 heterocycles. The van der Waals surface area contributed by atoms with E-state index < -0.39 is 5.92 Å². The SMILES string of the molecule is CN1C(c2ccccc2)=C(C(=O)c2ccccc2)C(C(=O)c2ccccc2)C1c1ccccc1. The Bertz CT molecular complexity index is 1330. The van der Waals surface area contributed by atoms with Crippen LogP contribution in [0.2, 0.25) is 0 Å². The Morgan fingerprint density at radius 3 is 1.65 bits per heavy atom. The van der Waals surface area contributed by atoms with E-state index in [4.69, 9.17) is 0 Å². The van der Waals surface area contributed by atoms with Crippen LogP contribution in [0.3, 0.4) is 0 Å². The average Bonchev–Trinajstić information content (AvgIpc) is 3.22. The third-order valence-electron chi connectivity index (χ3n) is 6.46. The summed E-state index contributed by atoms with van der Waals surface area (Å²) >= 11 is 0. The van der Waals surface area contributed by atoms with Gasteiger partial charge in [-0.3, -0.25) is 9.59 Å². The molecule has 0 spiro atoms. The fraction of sp³-hybridized carbons (Fsp3) is 0.0968. The van der Waals surface area contributed by atoms with E-state index in [9.17, 15) is 9.59 Å². The summed E-state index contributed by atoms with van der Waals surface area (Å²) in [6.45, 7) is 0. The van der Waals surface area contributed by atoms with E-state index in [-0.39, 0.29) is 17.6 Å². The van der Waals surface area contributed by atoms with Gasteiger partial charge in [-0.25, -0.2) is 0 Å². The molecule has 0 saturated carbocycles. The van der Waals surface area contributed by atoms with Crippen molar-refractivity contribution in [3.63, 3.8) is 0 Å². The van der Waals surface area contributed by atoms with Crippen molar-refractivity contribution in [2.75, 3.05) is 7.05 Å². The van der Waals surface area contributed by atoms with Gasteiger partial charge in [0.05, 0.1) is 17.7 Å². The first kappa shape index (κ1) is 21.6. The van der Waals surface area contributed by atoms with E-state index in [0.717, 1.165) is 16.8 Å². The molecule has 0 bridgehead atoms. The summed E-state index contributed by atoms with van der Waals surface area (Å²) in [5.74, 6) is -0.803. The van der Waals surface area contributed by atoms with Crippen molar-refractivity contribution in [1.29, 1.82) is 0 Å². The number of nitrogens with zero attached hydrogens (tertiary/aromatic N) is 1. The van der Waals surface area contributed by atoms with Crippen LogP contribution in [-0.4, -0.2) is 23.5 Å². The number of rotatable bonds is 6. The summed E-state index contributed by atoms with van der Waals surface area (Å²) in [4.78, 5) is 30.3. The predicted octanol–water partition coefficient (Wildman–Crippen LogP) is 6.47. The summed E-state index contributed by atoms with van der Waals surface area (Å²) in [6.07, 6.45) is 0. The van der Waals surface area contributed by atoms with Crippen molar-refractivity contribution in [3.05, 3.63) is 149 Å². The lowest BCUT2D eigenvalue weighted by Gasteiger charge is -2.29. The third kappa shape index (κ3) is 3.86. The lowest BCUT2D eigenvalue weighted by molar-refractivity contribution is 0.0875. The Labute approximate surface area is 200 Å². The zero-order chi connectivity index (χ0) is 23.5. The molecule has 3 nitrogen and oxygen atoms in total. The van der Waals surface area contributed by atoms with Gasteiger partial charge in [-0.1, -0.05) is 121 Å². The minimum Gasteiger partial charge on any atom is -0.366 e. The van der Waals surface area contributed by atoms with Crippen molar-refractivity contribution in [2.24, 2.45) is 5.92 Å². The summed E-state index contributed by atoms with van der Waals surface area (Å²) in [6, 6.07) is 38.1. The molecule has 1 aliphatic heterocycles. The molecule has 0 aliphatic carbocycles. The van der Waals surface area contributed by atoms with Crippen molar-refractivity contribution in [1.82, 2.24) is 4.90 Å². The lowest BCUT2D eigenvalue weighted by atomic mass is 9.80. The monoisotopic (exact) mass is 443 g/mol. The molecule has 1 aliphatic rings. The van der Waals surface area contributed by atoms with Crippen LogP contribution in [0.15, 0.2) is 127 Å². The van der Waals surface area contributed by atoms with Gasteiger partial charge in [0.15, 0.2) is 11.6 Å². The Kier molecular flexibility index (Phi) is 5.92. The van der Waals surface area contributed by atoms with Crippen LogP contribution in [0, 0.1) is 5.92 Å². The van der Waals surface area contributed by atoms with Gasteiger partial charge in [-0.05, 0) is 11.1 Å². The maximum absolute atomic E-state index is 14.1. The van der Waals surface area contributed by atoms with E-state index in [0.29, 0.717) is 16.7 Å². The molecule has 2 unspecified atom stereocenters. The van der Waals surface area contributed by atoms with Gasteiger partial charge >= 0.3 is 0 Å². The minimum absolute atomic E-state index is 0.0495. The van der Waals surface area contributed by atoms with E-state index in [1.165, 1.54) is 0 Å². The number of hydrogen-bond acceptors (Lipinski definition) is 3.